The molecule has 0 radical (unpaired) electrons. The Kier molecular flexibility index (Phi) is 5.53. The van der Waals surface area contributed by atoms with Crippen LogP contribution in [-0.4, -0.2) is 44.6 Å². The van der Waals surface area contributed by atoms with Gasteiger partial charge >= 0.3 is 0 Å². The first-order chi connectivity index (χ1) is 13.7. The van der Waals surface area contributed by atoms with E-state index in [1.807, 2.05) is 49.9 Å². The summed E-state index contributed by atoms with van der Waals surface area (Å²) in [6, 6.07) is 7.49. The predicted octanol–water partition coefficient (Wildman–Crippen LogP) is 3.39. The molecule has 1 aromatic carbocycles. The average molecular weight is 379 g/mol. The monoisotopic (exact) mass is 379 g/mol. The Morgan fingerprint density at radius 2 is 2.11 bits per heavy atom. The fourth-order valence-electron chi connectivity index (χ4n) is 3.58. The minimum absolute atomic E-state index is 0.343. The van der Waals surface area contributed by atoms with Crippen LogP contribution in [0.3, 0.4) is 0 Å². The first-order valence-electron chi connectivity index (χ1n) is 9.53. The summed E-state index contributed by atoms with van der Waals surface area (Å²) in [5, 5.41) is 0. The van der Waals surface area contributed by atoms with Crippen LogP contribution in [0.1, 0.15) is 30.3 Å². The van der Waals surface area contributed by atoms with Crippen molar-refractivity contribution in [2.45, 2.75) is 25.3 Å². The van der Waals surface area contributed by atoms with Crippen molar-refractivity contribution in [3.63, 3.8) is 0 Å². The van der Waals surface area contributed by atoms with Crippen molar-refractivity contribution in [1.29, 1.82) is 0 Å². The first-order valence-corrected chi connectivity index (χ1v) is 9.53. The molecule has 0 aliphatic carbocycles. The lowest BCUT2D eigenvalue weighted by Gasteiger charge is -2.32. The van der Waals surface area contributed by atoms with Gasteiger partial charge in [-0.05, 0) is 31.5 Å². The van der Waals surface area contributed by atoms with Gasteiger partial charge < -0.3 is 14.0 Å². The summed E-state index contributed by atoms with van der Waals surface area (Å²) in [6.07, 6.45) is 9.58. The van der Waals surface area contributed by atoms with Crippen LogP contribution in [-0.2, 0) is 13.6 Å². The van der Waals surface area contributed by atoms with Gasteiger partial charge in [-0.1, -0.05) is 6.07 Å². The molecule has 7 nitrogen and oxygen atoms in total. The Hall–Kier alpha value is -2.93. The second-order valence-corrected chi connectivity index (χ2v) is 7.09. The number of aromatic nitrogens is 4. The molecular weight excluding hydrogens is 354 g/mol. The van der Waals surface area contributed by atoms with Crippen molar-refractivity contribution in [3.05, 3.63) is 60.6 Å². The van der Waals surface area contributed by atoms with Crippen molar-refractivity contribution < 1.29 is 9.47 Å². The summed E-state index contributed by atoms with van der Waals surface area (Å²) in [4.78, 5) is 16.0. The molecule has 1 fully saturated rings. The molecule has 1 saturated heterocycles. The number of likely N-dealkylation sites (tertiary alicyclic amines) is 1. The van der Waals surface area contributed by atoms with Gasteiger partial charge in [0.05, 0.1) is 25.5 Å². The summed E-state index contributed by atoms with van der Waals surface area (Å²) < 4.78 is 13.2. The number of aryl methyl sites for hydroxylation is 1. The molecule has 0 saturated carbocycles. The lowest BCUT2D eigenvalue weighted by atomic mass is 9.95. The molecule has 7 heteroatoms. The molecule has 146 valence electrons. The second-order valence-electron chi connectivity index (χ2n) is 7.09. The first kappa shape index (κ1) is 18.4. The number of hydrogen-bond donors (Lipinski definition) is 0. The van der Waals surface area contributed by atoms with E-state index in [4.69, 9.17) is 14.5 Å². The number of piperidine rings is 1. The number of nitrogens with zero attached hydrogens (tertiary/aromatic N) is 5. The number of hydrogen-bond acceptors (Lipinski definition) is 6. The van der Waals surface area contributed by atoms with Gasteiger partial charge in [0.1, 0.15) is 17.3 Å². The van der Waals surface area contributed by atoms with E-state index in [2.05, 4.69) is 19.4 Å². The van der Waals surface area contributed by atoms with Gasteiger partial charge in [0, 0.05) is 44.2 Å². The summed E-state index contributed by atoms with van der Waals surface area (Å²) in [5.74, 6) is 3.37. The van der Waals surface area contributed by atoms with E-state index >= 15 is 0 Å². The van der Waals surface area contributed by atoms with Crippen LogP contribution in [0.2, 0.25) is 0 Å². The van der Waals surface area contributed by atoms with Crippen molar-refractivity contribution in [2.75, 3.05) is 20.2 Å². The largest absolute Gasteiger partial charge is 0.497 e. The summed E-state index contributed by atoms with van der Waals surface area (Å²) >= 11 is 0. The number of ether oxygens (including phenoxy) is 2. The lowest BCUT2D eigenvalue weighted by molar-refractivity contribution is 0.192. The average Bonchev–Trinajstić information content (AvgIpc) is 3.13. The second kappa shape index (κ2) is 8.39. The van der Waals surface area contributed by atoms with Gasteiger partial charge in [-0.25, -0.2) is 9.97 Å². The zero-order valence-corrected chi connectivity index (χ0v) is 16.3. The number of methoxy groups -OCH3 is 1. The van der Waals surface area contributed by atoms with E-state index < -0.39 is 0 Å². The van der Waals surface area contributed by atoms with Crippen LogP contribution in [0.25, 0.3) is 0 Å². The quantitative estimate of drug-likeness (QED) is 0.654. The molecule has 0 amide bonds. The minimum atomic E-state index is 0.343. The third kappa shape index (κ3) is 4.31. The van der Waals surface area contributed by atoms with E-state index in [-0.39, 0.29) is 0 Å². The smallest absolute Gasteiger partial charge is 0.238 e. The van der Waals surface area contributed by atoms with Gasteiger partial charge in [0.15, 0.2) is 0 Å². The highest BCUT2D eigenvalue weighted by Crippen LogP contribution is 2.29. The molecule has 3 aromatic rings. The zero-order chi connectivity index (χ0) is 19.3. The molecule has 3 heterocycles. The maximum absolute atomic E-state index is 5.90. The van der Waals surface area contributed by atoms with E-state index in [0.29, 0.717) is 17.5 Å². The third-order valence-corrected chi connectivity index (χ3v) is 5.10. The fourth-order valence-corrected chi connectivity index (χ4v) is 3.58. The fraction of sp³-hybridized carbons (Fsp3) is 0.381. The highest BCUT2D eigenvalue weighted by molar-refractivity contribution is 5.35. The summed E-state index contributed by atoms with van der Waals surface area (Å²) in [7, 11) is 3.67. The Balaban J connectivity index is 1.45. The molecule has 0 spiro atoms. The molecule has 1 aliphatic rings. The molecular formula is C21H25N5O2. The molecule has 1 unspecified atom stereocenters. The summed E-state index contributed by atoms with van der Waals surface area (Å²) in [5.41, 5.74) is 0.977. The third-order valence-electron chi connectivity index (χ3n) is 5.10. The van der Waals surface area contributed by atoms with Gasteiger partial charge in [-0.2, -0.15) is 0 Å². The highest BCUT2D eigenvalue weighted by atomic mass is 16.5. The van der Waals surface area contributed by atoms with Gasteiger partial charge in [0.2, 0.25) is 5.88 Å². The van der Waals surface area contributed by atoms with E-state index in [0.717, 1.165) is 49.7 Å². The molecule has 4 rings (SSSR count). The van der Waals surface area contributed by atoms with Crippen molar-refractivity contribution in [3.8, 4) is 17.4 Å². The molecule has 0 bridgehead atoms. The van der Waals surface area contributed by atoms with Crippen molar-refractivity contribution in [2.24, 2.45) is 7.05 Å². The normalized spacial score (nSPS) is 17.4. The lowest BCUT2D eigenvalue weighted by Crippen LogP contribution is -2.35. The molecule has 1 aliphatic heterocycles. The van der Waals surface area contributed by atoms with E-state index in [1.54, 1.807) is 13.3 Å². The van der Waals surface area contributed by atoms with Gasteiger partial charge in [-0.15, -0.1) is 0 Å². The Morgan fingerprint density at radius 1 is 1.21 bits per heavy atom. The summed E-state index contributed by atoms with van der Waals surface area (Å²) in [6.45, 7) is 2.88. The molecule has 28 heavy (non-hydrogen) atoms. The molecule has 0 N–H and O–H groups in total. The zero-order valence-electron chi connectivity index (χ0n) is 16.3. The predicted molar refractivity (Wildman–Crippen MR) is 106 cm³/mol. The van der Waals surface area contributed by atoms with Crippen LogP contribution < -0.4 is 9.47 Å². The number of benzene rings is 1. The number of imidazole rings is 1. The highest BCUT2D eigenvalue weighted by Gasteiger charge is 2.24. The van der Waals surface area contributed by atoms with Crippen LogP contribution in [0.5, 0.6) is 17.4 Å². The Labute approximate surface area is 165 Å². The molecule has 2 aromatic heterocycles. The molecule has 1 atom stereocenters. The van der Waals surface area contributed by atoms with Crippen LogP contribution >= 0.6 is 0 Å². The minimum Gasteiger partial charge on any atom is -0.497 e. The van der Waals surface area contributed by atoms with Gasteiger partial charge in [0.25, 0.3) is 0 Å². The topological polar surface area (TPSA) is 65.3 Å². The van der Waals surface area contributed by atoms with Crippen LogP contribution in [0, 0.1) is 0 Å². The Morgan fingerprint density at radius 3 is 2.93 bits per heavy atom. The standard InChI is InChI=1S/C21H25N5O2/c1-25-10-8-23-20(25)15-26-9-4-5-16(14-26)19-12-22-13-21(24-19)28-18-7-3-6-17(11-18)27-2/h3,6-8,10-13,16H,4-5,9,14-15H2,1-2H3. The van der Waals surface area contributed by atoms with Crippen LogP contribution in [0.4, 0.5) is 0 Å². The Bertz CT molecular complexity index is 926. The number of rotatable bonds is 6. The SMILES string of the molecule is COc1cccc(Oc2cncc(C3CCCN(Cc4nccn4C)C3)n2)c1. The maximum atomic E-state index is 5.90. The van der Waals surface area contributed by atoms with Gasteiger partial charge in [-0.3, -0.25) is 9.88 Å². The maximum Gasteiger partial charge on any atom is 0.238 e. The van der Waals surface area contributed by atoms with E-state index in [1.165, 1.54) is 0 Å². The van der Waals surface area contributed by atoms with E-state index in [9.17, 15) is 0 Å². The van der Waals surface area contributed by atoms with Crippen molar-refractivity contribution in [1.82, 2.24) is 24.4 Å². The van der Waals surface area contributed by atoms with Crippen molar-refractivity contribution >= 4 is 0 Å². The van der Waals surface area contributed by atoms with Crippen LogP contribution in [0.15, 0.2) is 49.1 Å².